The van der Waals surface area contributed by atoms with Crippen LogP contribution < -0.4 is 5.56 Å². The van der Waals surface area contributed by atoms with Crippen molar-refractivity contribution in [3.8, 4) is 11.3 Å². The van der Waals surface area contributed by atoms with Crippen molar-refractivity contribution in [1.29, 1.82) is 0 Å². The van der Waals surface area contributed by atoms with Crippen molar-refractivity contribution in [2.45, 2.75) is 0 Å². The maximum absolute atomic E-state index is 11.0. The zero-order chi connectivity index (χ0) is 8.55. The second-order valence-electron chi connectivity index (χ2n) is 2.58. The van der Waals surface area contributed by atoms with Gasteiger partial charge in [-0.2, -0.15) is 0 Å². The lowest BCUT2D eigenvalue weighted by Gasteiger charge is -1.89. The van der Waals surface area contributed by atoms with Crippen LogP contribution in [0.4, 0.5) is 0 Å². The molecule has 62 valence electrons. The van der Waals surface area contributed by atoms with Crippen molar-refractivity contribution in [1.82, 2.24) is 9.78 Å². The lowest BCUT2D eigenvalue weighted by Crippen LogP contribution is -2.09. The number of aryl methyl sites for hydroxylation is 1. The van der Waals surface area contributed by atoms with Gasteiger partial charge in [0.1, 0.15) is 0 Å². The Hall–Kier alpha value is -1.71. The molecule has 0 fully saturated rings. The van der Waals surface area contributed by atoms with Crippen molar-refractivity contribution in [2.75, 3.05) is 0 Å². The van der Waals surface area contributed by atoms with E-state index in [4.69, 9.17) is 4.42 Å². The van der Waals surface area contributed by atoms with Gasteiger partial charge in [-0.3, -0.25) is 14.6 Å². The van der Waals surface area contributed by atoms with Crippen molar-refractivity contribution in [2.24, 2.45) is 7.05 Å². The van der Waals surface area contributed by atoms with E-state index in [0.717, 1.165) is 11.3 Å². The molecule has 0 bridgehead atoms. The molecule has 0 saturated carbocycles. The third kappa shape index (κ3) is 0.972. The largest absolute Gasteiger partial charge is 0.472 e. The Labute approximate surface area is 68.4 Å². The highest BCUT2D eigenvalue weighted by molar-refractivity contribution is 5.56. The van der Waals surface area contributed by atoms with Gasteiger partial charge in [0.2, 0.25) is 0 Å². The standard InChI is InChI=1S/C8H8N2O2/c1-10-8(11)4-7(9-10)6-2-3-12-5-6/h2-5,9H,1H3. The number of nitrogens with zero attached hydrogens (tertiary/aromatic N) is 1. The molecule has 0 saturated heterocycles. The highest BCUT2D eigenvalue weighted by atomic mass is 16.3. The number of rotatable bonds is 1. The van der Waals surface area contributed by atoms with E-state index in [0.29, 0.717) is 0 Å². The highest BCUT2D eigenvalue weighted by Crippen LogP contribution is 2.14. The van der Waals surface area contributed by atoms with Crippen LogP contribution in [0.5, 0.6) is 0 Å². The van der Waals surface area contributed by atoms with Gasteiger partial charge in [-0.25, -0.2) is 0 Å². The minimum absolute atomic E-state index is 0.0498. The summed E-state index contributed by atoms with van der Waals surface area (Å²) in [6.07, 6.45) is 3.16. The first kappa shape index (κ1) is 6.97. The van der Waals surface area contributed by atoms with E-state index in [-0.39, 0.29) is 5.56 Å². The Morgan fingerprint density at radius 3 is 2.92 bits per heavy atom. The van der Waals surface area contributed by atoms with Crippen LogP contribution in [-0.4, -0.2) is 9.78 Å². The van der Waals surface area contributed by atoms with Gasteiger partial charge in [0.05, 0.1) is 18.2 Å². The average molecular weight is 164 g/mol. The molecule has 2 heterocycles. The first-order valence-electron chi connectivity index (χ1n) is 3.56. The molecule has 4 heteroatoms. The number of nitrogens with one attached hydrogen (secondary N) is 1. The quantitative estimate of drug-likeness (QED) is 0.682. The van der Waals surface area contributed by atoms with Crippen LogP contribution in [0.15, 0.2) is 33.9 Å². The van der Waals surface area contributed by atoms with Gasteiger partial charge >= 0.3 is 0 Å². The molecule has 0 aliphatic rings. The van der Waals surface area contributed by atoms with E-state index in [1.54, 1.807) is 25.6 Å². The Morgan fingerprint density at radius 2 is 2.42 bits per heavy atom. The third-order valence-electron chi connectivity index (χ3n) is 1.72. The van der Waals surface area contributed by atoms with Gasteiger partial charge in [0.15, 0.2) is 0 Å². The average Bonchev–Trinajstić information content (AvgIpc) is 2.61. The summed E-state index contributed by atoms with van der Waals surface area (Å²) >= 11 is 0. The maximum atomic E-state index is 11.0. The van der Waals surface area contributed by atoms with E-state index in [2.05, 4.69) is 5.10 Å². The van der Waals surface area contributed by atoms with Crippen LogP contribution in [0.3, 0.4) is 0 Å². The molecule has 1 N–H and O–H groups in total. The molecule has 0 amide bonds. The molecule has 2 aromatic heterocycles. The van der Waals surface area contributed by atoms with E-state index >= 15 is 0 Å². The molecule has 0 spiro atoms. The Kier molecular flexibility index (Phi) is 1.40. The number of furan rings is 1. The molecular formula is C8H8N2O2. The first-order chi connectivity index (χ1) is 5.77. The number of H-pyrrole nitrogens is 1. The van der Waals surface area contributed by atoms with Gasteiger partial charge in [0.25, 0.3) is 5.56 Å². The van der Waals surface area contributed by atoms with Crippen LogP contribution in [-0.2, 0) is 7.05 Å². The minimum Gasteiger partial charge on any atom is -0.472 e. The van der Waals surface area contributed by atoms with Crippen LogP contribution >= 0.6 is 0 Å². The van der Waals surface area contributed by atoms with Crippen molar-refractivity contribution in [3.05, 3.63) is 35.0 Å². The summed E-state index contributed by atoms with van der Waals surface area (Å²) in [7, 11) is 1.67. The second-order valence-corrected chi connectivity index (χ2v) is 2.58. The van der Waals surface area contributed by atoms with Gasteiger partial charge in [-0.15, -0.1) is 0 Å². The summed E-state index contributed by atoms with van der Waals surface area (Å²) in [6.45, 7) is 0. The first-order valence-corrected chi connectivity index (χ1v) is 3.56. The number of hydrogen-bond acceptors (Lipinski definition) is 2. The van der Waals surface area contributed by atoms with Crippen molar-refractivity contribution in [3.63, 3.8) is 0 Å². The van der Waals surface area contributed by atoms with E-state index in [1.807, 2.05) is 0 Å². The minimum atomic E-state index is -0.0498. The lowest BCUT2D eigenvalue weighted by molar-refractivity contribution is 0.568. The topological polar surface area (TPSA) is 50.9 Å². The fraction of sp³-hybridized carbons (Fsp3) is 0.125. The molecule has 0 aliphatic carbocycles. The zero-order valence-corrected chi connectivity index (χ0v) is 6.57. The second kappa shape index (κ2) is 2.41. The monoisotopic (exact) mass is 164 g/mol. The molecule has 0 atom stereocenters. The molecule has 12 heavy (non-hydrogen) atoms. The van der Waals surface area contributed by atoms with Crippen LogP contribution in [0.1, 0.15) is 0 Å². The maximum Gasteiger partial charge on any atom is 0.266 e. The van der Waals surface area contributed by atoms with Gasteiger partial charge in [0, 0.05) is 18.7 Å². The van der Waals surface area contributed by atoms with Crippen LogP contribution in [0.2, 0.25) is 0 Å². The lowest BCUT2D eigenvalue weighted by atomic mass is 10.2. The van der Waals surface area contributed by atoms with Gasteiger partial charge in [-0.1, -0.05) is 0 Å². The predicted octanol–water partition coefficient (Wildman–Crippen LogP) is 0.973. The smallest absolute Gasteiger partial charge is 0.266 e. The normalized spacial score (nSPS) is 10.4. The SMILES string of the molecule is Cn1[nH]c(-c2ccoc2)cc1=O. The molecule has 2 aromatic rings. The predicted molar refractivity (Wildman–Crippen MR) is 43.7 cm³/mol. The summed E-state index contributed by atoms with van der Waals surface area (Å²) in [6, 6.07) is 3.33. The fourth-order valence-electron chi connectivity index (χ4n) is 1.05. The number of aromatic nitrogens is 2. The molecular weight excluding hydrogens is 156 g/mol. The summed E-state index contributed by atoms with van der Waals surface area (Å²) in [4.78, 5) is 11.0. The molecule has 0 radical (unpaired) electrons. The van der Waals surface area contributed by atoms with E-state index in [9.17, 15) is 4.79 Å². The molecule has 2 rings (SSSR count). The fourth-order valence-corrected chi connectivity index (χ4v) is 1.05. The van der Waals surface area contributed by atoms with Crippen molar-refractivity contribution >= 4 is 0 Å². The van der Waals surface area contributed by atoms with Gasteiger partial charge < -0.3 is 4.42 Å². The summed E-state index contributed by atoms with van der Waals surface area (Å²) in [5.74, 6) is 0. The Morgan fingerprint density at radius 1 is 1.58 bits per heavy atom. The van der Waals surface area contributed by atoms with Crippen LogP contribution in [0.25, 0.3) is 11.3 Å². The van der Waals surface area contributed by atoms with Crippen LogP contribution in [0, 0.1) is 0 Å². The van der Waals surface area contributed by atoms with Gasteiger partial charge in [-0.05, 0) is 6.07 Å². The molecule has 0 aromatic carbocycles. The third-order valence-corrected chi connectivity index (χ3v) is 1.72. The summed E-state index contributed by atoms with van der Waals surface area (Å²) in [5, 5.41) is 2.89. The Bertz CT molecular complexity index is 422. The zero-order valence-electron chi connectivity index (χ0n) is 6.57. The summed E-state index contributed by atoms with van der Waals surface area (Å²) in [5.41, 5.74) is 1.61. The van der Waals surface area contributed by atoms with Crippen molar-refractivity contribution < 1.29 is 4.42 Å². The summed E-state index contributed by atoms with van der Waals surface area (Å²) < 4.78 is 6.31. The Balaban J connectivity index is 2.56. The molecule has 4 nitrogen and oxygen atoms in total. The number of hydrogen-bond donors (Lipinski definition) is 1. The molecule has 0 aliphatic heterocycles. The molecule has 0 unspecified atom stereocenters. The van der Waals surface area contributed by atoms with E-state index in [1.165, 1.54) is 10.7 Å². The van der Waals surface area contributed by atoms with E-state index < -0.39 is 0 Å². The number of aromatic amines is 1. The highest BCUT2D eigenvalue weighted by Gasteiger charge is 2.02.